The predicted octanol–water partition coefficient (Wildman–Crippen LogP) is 1.51. The number of hydrogen-bond acceptors (Lipinski definition) is 7. The Morgan fingerprint density at radius 1 is 1.35 bits per heavy atom. The van der Waals surface area contributed by atoms with Gasteiger partial charge in [0.15, 0.2) is 0 Å². The van der Waals surface area contributed by atoms with Crippen molar-refractivity contribution in [1.29, 1.82) is 0 Å². The number of rotatable bonds is 8. The summed E-state index contributed by atoms with van der Waals surface area (Å²) in [7, 11) is 1.30. The van der Waals surface area contributed by atoms with Crippen LogP contribution in [0.15, 0.2) is 10.5 Å². The molecule has 2 aromatic heterocycles. The lowest BCUT2D eigenvalue weighted by Gasteiger charge is -2.19. The Hall–Kier alpha value is -2.71. The van der Waals surface area contributed by atoms with Crippen LogP contribution in [0.25, 0.3) is 11.6 Å². The smallest absolute Gasteiger partial charge is 0.328 e. The zero-order chi connectivity index (χ0) is 19.3. The average molecular weight is 363 g/mol. The minimum absolute atomic E-state index is 0.0704. The van der Waals surface area contributed by atoms with Gasteiger partial charge in [-0.2, -0.15) is 5.10 Å². The Morgan fingerprint density at radius 2 is 2.08 bits per heavy atom. The van der Waals surface area contributed by atoms with Crippen molar-refractivity contribution in [2.45, 2.75) is 53.1 Å². The molecular formula is C17H25N5O4. The van der Waals surface area contributed by atoms with E-state index in [4.69, 9.17) is 9.15 Å². The number of carbonyl (C=O) groups excluding carboxylic acids is 2. The number of esters is 1. The van der Waals surface area contributed by atoms with E-state index in [-0.39, 0.29) is 24.7 Å². The molecule has 0 aromatic carbocycles. The molecule has 2 rings (SSSR count). The van der Waals surface area contributed by atoms with Crippen LogP contribution < -0.4 is 5.32 Å². The largest absolute Gasteiger partial charge is 0.467 e. The summed E-state index contributed by atoms with van der Waals surface area (Å²) in [6, 6.07) is 1.20. The van der Waals surface area contributed by atoms with E-state index in [1.807, 2.05) is 33.8 Å². The Morgan fingerprint density at radius 3 is 2.69 bits per heavy atom. The standard InChI is InChI=1S/C17H25N5O4/c1-6-22-12(9-11(4)21-22)16-20-19-14(26-16)8-7-13(23)18-15(10(2)3)17(24)25-5/h9-10,15H,6-8H2,1-5H3,(H,18,23). The normalized spacial score (nSPS) is 12.2. The van der Waals surface area contributed by atoms with Crippen LogP contribution >= 0.6 is 0 Å². The van der Waals surface area contributed by atoms with Gasteiger partial charge in [-0.25, -0.2) is 4.79 Å². The van der Waals surface area contributed by atoms with Crippen LogP contribution in [-0.2, 0) is 27.3 Å². The Bertz CT molecular complexity index is 765. The maximum absolute atomic E-state index is 12.1. The molecule has 1 atom stereocenters. The van der Waals surface area contributed by atoms with Crippen molar-refractivity contribution < 1.29 is 18.7 Å². The number of carbonyl (C=O) groups is 2. The highest BCUT2D eigenvalue weighted by Crippen LogP contribution is 2.19. The van der Waals surface area contributed by atoms with Gasteiger partial charge in [0.25, 0.3) is 5.89 Å². The first-order valence-corrected chi connectivity index (χ1v) is 8.60. The summed E-state index contributed by atoms with van der Waals surface area (Å²) < 4.78 is 12.1. The summed E-state index contributed by atoms with van der Waals surface area (Å²) in [5, 5.41) is 15.0. The summed E-state index contributed by atoms with van der Waals surface area (Å²) in [6.45, 7) is 8.23. The number of nitrogens with one attached hydrogen (secondary N) is 1. The van der Waals surface area contributed by atoms with Gasteiger partial charge in [0.1, 0.15) is 11.7 Å². The number of aryl methyl sites for hydroxylation is 3. The number of amides is 1. The first kappa shape index (κ1) is 19.6. The lowest BCUT2D eigenvalue weighted by Crippen LogP contribution is -2.45. The second kappa shape index (κ2) is 8.59. The van der Waals surface area contributed by atoms with Crippen molar-refractivity contribution in [1.82, 2.24) is 25.3 Å². The lowest BCUT2D eigenvalue weighted by molar-refractivity contribution is -0.146. The van der Waals surface area contributed by atoms with E-state index in [2.05, 4.69) is 20.6 Å². The molecule has 0 radical (unpaired) electrons. The molecule has 0 aliphatic heterocycles. The van der Waals surface area contributed by atoms with E-state index in [1.165, 1.54) is 7.11 Å². The quantitative estimate of drug-likeness (QED) is 0.707. The predicted molar refractivity (Wildman–Crippen MR) is 93.0 cm³/mol. The van der Waals surface area contributed by atoms with E-state index in [1.54, 1.807) is 4.68 Å². The Labute approximate surface area is 152 Å². The molecule has 0 saturated heterocycles. The fourth-order valence-corrected chi connectivity index (χ4v) is 2.51. The molecule has 1 N–H and O–H groups in total. The molecular weight excluding hydrogens is 338 g/mol. The van der Waals surface area contributed by atoms with Crippen LogP contribution in [0.4, 0.5) is 0 Å². The summed E-state index contributed by atoms with van der Waals surface area (Å²) in [4.78, 5) is 23.8. The minimum atomic E-state index is -0.673. The summed E-state index contributed by atoms with van der Waals surface area (Å²) in [5.41, 5.74) is 1.61. The molecule has 2 heterocycles. The van der Waals surface area contributed by atoms with E-state index in [0.717, 1.165) is 11.4 Å². The van der Waals surface area contributed by atoms with Crippen LogP contribution in [0.1, 0.15) is 38.8 Å². The van der Waals surface area contributed by atoms with Gasteiger partial charge in [0, 0.05) is 19.4 Å². The summed E-state index contributed by atoms with van der Waals surface area (Å²) >= 11 is 0. The second-order valence-electron chi connectivity index (χ2n) is 6.30. The number of methoxy groups -OCH3 is 1. The third-order valence-electron chi connectivity index (χ3n) is 3.89. The summed E-state index contributed by atoms with van der Waals surface area (Å²) in [5.74, 6) is -0.0767. The Kier molecular flexibility index (Phi) is 6.48. The number of hydrogen-bond donors (Lipinski definition) is 1. The van der Waals surface area contributed by atoms with Gasteiger partial charge < -0.3 is 14.5 Å². The molecule has 0 aliphatic rings. The van der Waals surface area contributed by atoms with E-state index in [9.17, 15) is 9.59 Å². The highest BCUT2D eigenvalue weighted by Gasteiger charge is 2.25. The van der Waals surface area contributed by atoms with Crippen LogP contribution in [0.3, 0.4) is 0 Å². The molecule has 0 bridgehead atoms. The van der Waals surface area contributed by atoms with Crippen molar-refractivity contribution in [2.24, 2.45) is 5.92 Å². The summed E-state index contributed by atoms with van der Waals surface area (Å²) in [6.07, 6.45) is 0.415. The molecule has 26 heavy (non-hydrogen) atoms. The number of aromatic nitrogens is 4. The molecule has 0 saturated carbocycles. The zero-order valence-corrected chi connectivity index (χ0v) is 15.8. The van der Waals surface area contributed by atoms with E-state index in [0.29, 0.717) is 18.3 Å². The van der Waals surface area contributed by atoms with Crippen LogP contribution in [0.2, 0.25) is 0 Å². The fraction of sp³-hybridized carbons (Fsp3) is 0.588. The monoisotopic (exact) mass is 363 g/mol. The maximum Gasteiger partial charge on any atom is 0.328 e. The lowest BCUT2D eigenvalue weighted by atomic mass is 10.0. The topological polar surface area (TPSA) is 112 Å². The minimum Gasteiger partial charge on any atom is -0.467 e. The van der Waals surface area contributed by atoms with Crippen molar-refractivity contribution in [3.8, 4) is 11.6 Å². The van der Waals surface area contributed by atoms with E-state index >= 15 is 0 Å². The molecule has 9 nitrogen and oxygen atoms in total. The molecule has 0 aliphatic carbocycles. The molecule has 1 amide bonds. The molecule has 142 valence electrons. The third-order valence-corrected chi connectivity index (χ3v) is 3.89. The van der Waals surface area contributed by atoms with Crippen LogP contribution in [0, 0.1) is 12.8 Å². The van der Waals surface area contributed by atoms with Crippen LogP contribution in [0.5, 0.6) is 0 Å². The molecule has 9 heteroatoms. The van der Waals surface area contributed by atoms with Crippen molar-refractivity contribution in [2.75, 3.05) is 7.11 Å². The molecule has 1 unspecified atom stereocenters. The van der Waals surface area contributed by atoms with Crippen LogP contribution in [-0.4, -0.2) is 45.0 Å². The first-order valence-electron chi connectivity index (χ1n) is 8.60. The van der Waals surface area contributed by atoms with Gasteiger partial charge in [-0.15, -0.1) is 10.2 Å². The SMILES string of the molecule is CCn1nc(C)cc1-c1nnc(CCC(=O)NC(C(=O)OC)C(C)C)o1. The second-order valence-corrected chi connectivity index (χ2v) is 6.30. The number of ether oxygens (including phenoxy) is 1. The Balaban J connectivity index is 1.97. The van der Waals surface area contributed by atoms with Gasteiger partial charge in [-0.05, 0) is 25.8 Å². The van der Waals surface area contributed by atoms with Crippen molar-refractivity contribution in [3.05, 3.63) is 17.7 Å². The highest BCUT2D eigenvalue weighted by molar-refractivity contribution is 5.84. The first-order chi connectivity index (χ1) is 12.3. The van der Waals surface area contributed by atoms with Gasteiger partial charge in [0.05, 0.1) is 12.8 Å². The van der Waals surface area contributed by atoms with Gasteiger partial charge >= 0.3 is 5.97 Å². The third kappa shape index (κ3) is 4.68. The van der Waals surface area contributed by atoms with E-state index < -0.39 is 12.0 Å². The highest BCUT2D eigenvalue weighted by atomic mass is 16.5. The van der Waals surface area contributed by atoms with Gasteiger partial charge in [-0.1, -0.05) is 13.8 Å². The van der Waals surface area contributed by atoms with Gasteiger partial charge in [-0.3, -0.25) is 9.48 Å². The molecule has 0 fully saturated rings. The average Bonchev–Trinajstić information content (AvgIpc) is 3.22. The fourth-order valence-electron chi connectivity index (χ4n) is 2.51. The van der Waals surface area contributed by atoms with Crippen molar-refractivity contribution >= 4 is 11.9 Å². The maximum atomic E-state index is 12.1. The molecule has 0 spiro atoms. The zero-order valence-electron chi connectivity index (χ0n) is 15.8. The van der Waals surface area contributed by atoms with Crippen molar-refractivity contribution in [3.63, 3.8) is 0 Å². The number of nitrogens with zero attached hydrogens (tertiary/aromatic N) is 4. The van der Waals surface area contributed by atoms with Gasteiger partial charge in [0.2, 0.25) is 11.8 Å². The molecule has 2 aromatic rings.